The number of benzene rings is 1. The second kappa shape index (κ2) is 8.55. The Balaban J connectivity index is 1.29. The van der Waals surface area contributed by atoms with Crippen molar-refractivity contribution < 1.29 is 9.90 Å². The molecule has 4 nitrogen and oxygen atoms in total. The molecule has 3 heterocycles. The van der Waals surface area contributed by atoms with E-state index in [1.165, 1.54) is 4.88 Å². The summed E-state index contributed by atoms with van der Waals surface area (Å²) >= 11 is 1.75. The number of hydrogen-bond donors (Lipinski definition) is 1. The summed E-state index contributed by atoms with van der Waals surface area (Å²) in [5.74, 6) is 0.539. The average Bonchev–Trinajstić information content (AvgIpc) is 3.40. The van der Waals surface area contributed by atoms with E-state index in [1.807, 2.05) is 30.3 Å². The van der Waals surface area contributed by atoms with Crippen molar-refractivity contribution in [3.8, 4) is 0 Å². The first-order chi connectivity index (χ1) is 13.2. The molecule has 144 valence electrons. The molecule has 0 spiro atoms. The Morgan fingerprint density at radius 3 is 2.56 bits per heavy atom. The minimum atomic E-state index is -0.397. The Labute approximate surface area is 165 Å². The van der Waals surface area contributed by atoms with Gasteiger partial charge in [-0.05, 0) is 61.7 Å². The molecule has 1 aromatic carbocycles. The molecule has 2 aromatic rings. The molecule has 1 amide bonds. The molecule has 5 heteroatoms. The summed E-state index contributed by atoms with van der Waals surface area (Å²) in [5, 5.41) is 12.7. The molecule has 2 aliphatic heterocycles. The molecule has 2 saturated heterocycles. The van der Waals surface area contributed by atoms with Crippen LogP contribution in [0.5, 0.6) is 0 Å². The van der Waals surface area contributed by atoms with Gasteiger partial charge in [0.05, 0.1) is 18.7 Å². The highest BCUT2D eigenvalue weighted by molar-refractivity contribution is 7.10. The third kappa shape index (κ3) is 4.26. The Kier molecular flexibility index (Phi) is 5.91. The van der Waals surface area contributed by atoms with Gasteiger partial charge in [-0.2, -0.15) is 0 Å². The summed E-state index contributed by atoms with van der Waals surface area (Å²) in [6.45, 7) is 3.16. The van der Waals surface area contributed by atoms with Gasteiger partial charge in [0, 0.05) is 11.4 Å². The molecule has 1 N–H and O–H groups in total. The summed E-state index contributed by atoms with van der Waals surface area (Å²) in [6, 6.07) is 14.4. The van der Waals surface area contributed by atoms with Crippen molar-refractivity contribution in [2.75, 3.05) is 26.2 Å². The average molecular weight is 385 g/mol. The molecular formula is C22H28N2O2S. The summed E-state index contributed by atoms with van der Waals surface area (Å²) in [4.78, 5) is 18.6. The lowest BCUT2D eigenvalue weighted by Gasteiger charge is -2.35. The lowest BCUT2D eigenvalue weighted by atomic mass is 9.87. The van der Waals surface area contributed by atoms with E-state index in [9.17, 15) is 9.90 Å². The van der Waals surface area contributed by atoms with Crippen molar-refractivity contribution in [1.29, 1.82) is 0 Å². The van der Waals surface area contributed by atoms with Gasteiger partial charge in [-0.1, -0.05) is 36.4 Å². The van der Waals surface area contributed by atoms with Crippen LogP contribution in [-0.4, -0.2) is 47.0 Å². The van der Waals surface area contributed by atoms with Gasteiger partial charge in [-0.15, -0.1) is 11.3 Å². The maximum absolute atomic E-state index is 12.9. The van der Waals surface area contributed by atoms with Crippen molar-refractivity contribution in [3.63, 3.8) is 0 Å². The van der Waals surface area contributed by atoms with Gasteiger partial charge >= 0.3 is 0 Å². The monoisotopic (exact) mass is 384 g/mol. The van der Waals surface area contributed by atoms with E-state index in [0.29, 0.717) is 6.54 Å². The van der Waals surface area contributed by atoms with Crippen LogP contribution in [0.4, 0.5) is 0 Å². The second-order valence-electron chi connectivity index (χ2n) is 7.73. The number of carbonyl (C=O) groups excluding carboxylic acids is 1. The Morgan fingerprint density at radius 2 is 1.85 bits per heavy atom. The molecule has 2 fully saturated rings. The van der Waals surface area contributed by atoms with Crippen LogP contribution in [0, 0.1) is 5.92 Å². The molecule has 2 aliphatic rings. The number of aliphatic hydroxyl groups excluding tert-OH is 1. The van der Waals surface area contributed by atoms with Gasteiger partial charge in [-0.25, -0.2) is 0 Å². The third-order valence-electron chi connectivity index (χ3n) is 6.02. The van der Waals surface area contributed by atoms with Gasteiger partial charge in [0.2, 0.25) is 5.91 Å². The number of amides is 1. The van der Waals surface area contributed by atoms with Crippen LogP contribution < -0.4 is 0 Å². The maximum Gasteiger partial charge on any atom is 0.237 e. The minimum Gasteiger partial charge on any atom is -0.388 e. The van der Waals surface area contributed by atoms with Gasteiger partial charge in [0.25, 0.3) is 0 Å². The molecule has 1 aromatic heterocycles. The van der Waals surface area contributed by atoms with Crippen LogP contribution in [0.2, 0.25) is 0 Å². The first-order valence-corrected chi connectivity index (χ1v) is 10.9. The summed E-state index contributed by atoms with van der Waals surface area (Å²) < 4.78 is 0. The molecule has 0 saturated carbocycles. The Bertz CT molecular complexity index is 726. The zero-order valence-electron chi connectivity index (χ0n) is 15.7. The van der Waals surface area contributed by atoms with E-state index >= 15 is 0 Å². The molecule has 2 unspecified atom stereocenters. The number of aliphatic hydroxyl groups is 1. The van der Waals surface area contributed by atoms with E-state index in [4.69, 9.17) is 0 Å². The van der Waals surface area contributed by atoms with Gasteiger partial charge in [0.1, 0.15) is 0 Å². The fourth-order valence-electron chi connectivity index (χ4n) is 4.47. The van der Waals surface area contributed by atoms with Crippen LogP contribution in [0.15, 0.2) is 47.8 Å². The smallest absolute Gasteiger partial charge is 0.237 e. The fourth-order valence-corrected chi connectivity index (χ4v) is 5.35. The number of likely N-dealkylation sites (tertiary alicyclic amines) is 2. The zero-order chi connectivity index (χ0) is 18.6. The summed E-state index contributed by atoms with van der Waals surface area (Å²) in [7, 11) is 0. The first kappa shape index (κ1) is 18.7. The molecule has 27 heavy (non-hydrogen) atoms. The number of carbonyl (C=O) groups is 1. The molecule has 4 rings (SSSR count). The first-order valence-electron chi connectivity index (χ1n) is 10.0. The van der Waals surface area contributed by atoms with Gasteiger partial charge in [-0.3, -0.25) is 9.69 Å². The summed E-state index contributed by atoms with van der Waals surface area (Å²) in [5.41, 5.74) is 1.00. The highest BCUT2D eigenvalue weighted by Crippen LogP contribution is 2.35. The van der Waals surface area contributed by atoms with E-state index < -0.39 is 6.10 Å². The molecular weight excluding hydrogens is 356 g/mol. The van der Waals surface area contributed by atoms with Crippen LogP contribution in [0.1, 0.15) is 48.3 Å². The zero-order valence-corrected chi connectivity index (χ0v) is 16.5. The van der Waals surface area contributed by atoms with Crippen molar-refractivity contribution in [2.24, 2.45) is 5.92 Å². The van der Waals surface area contributed by atoms with Crippen molar-refractivity contribution in [1.82, 2.24) is 9.80 Å². The van der Waals surface area contributed by atoms with Crippen LogP contribution in [0.3, 0.4) is 0 Å². The van der Waals surface area contributed by atoms with Crippen LogP contribution >= 0.6 is 11.3 Å². The van der Waals surface area contributed by atoms with E-state index in [2.05, 4.69) is 27.3 Å². The number of nitrogens with zero attached hydrogens (tertiary/aromatic N) is 2. The van der Waals surface area contributed by atoms with E-state index in [1.54, 1.807) is 11.3 Å². The Morgan fingerprint density at radius 1 is 1.07 bits per heavy atom. The van der Waals surface area contributed by atoms with Gasteiger partial charge in [0.15, 0.2) is 0 Å². The lowest BCUT2D eigenvalue weighted by Crippen LogP contribution is -2.43. The molecule has 0 radical (unpaired) electrons. The second-order valence-corrected chi connectivity index (χ2v) is 8.71. The number of hydrogen-bond acceptors (Lipinski definition) is 4. The SMILES string of the molecule is O=C(CN1CCC(C(O)c2ccccc2)CC1)N1CCCC1c1cccs1. The highest BCUT2D eigenvalue weighted by Gasteiger charge is 2.32. The maximum atomic E-state index is 12.9. The molecule has 0 aliphatic carbocycles. The van der Waals surface area contributed by atoms with Gasteiger partial charge < -0.3 is 10.0 Å². The van der Waals surface area contributed by atoms with Crippen molar-refractivity contribution in [3.05, 3.63) is 58.3 Å². The van der Waals surface area contributed by atoms with E-state index in [-0.39, 0.29) is 17.9 Å². The lowest BCUT2D eigenvalue weighted by molar-refractivity contribution is -0.133. The fraction of sp³-hybridized carbons (Fsp3) is 0.500. The topological polar surface area (TPSA) is 43.8 Å². The number of piperidine rings is 1. The standard InChI is InChI=1S/C22H28N2O2S/c25-21(24-12-4-8-19(24)20-9-5-15-27-20)16-23-13-10-18(11-14-23)22(26)17-6-2-1-3-7-17/h1-3,5-7,9,15,18-19,22,26H,4,8,10-14,16H2. The van der Waals surface area contributed by atoms with Crippen molar-refractivity contribution in [2.45, 2.75) is 37.8 Å². The number of rotatable bonds is 5. The molecule has 0 bridgehead atoms. The number of thiophene rings is 1. The predicted molar refractivity (Wildman–Crippen MR) is 109 cm³/mol. The quantitative estimate of drug-likeness (QED) is 0.851. The third-order valence-corrected chi connectivity index (χ3v) is 7.00. The van der Waals surface area contributed by atoms with Crippen LogP contribution in [-0.2, 0) is 4.79 Å². The predicted octanol–water partition coefficient (Wildman–Crippen LogP) is 3.86. The molecule has 2 atom stereocenters. The normalized spacial score (nSPS) is 22.9. The Hall–Kier alpha value is -1.69. The minimum absolute atomic E-state index is 0.257. The highest BCUT2D eigenvalue weighted by atomic mass is 32.1. The largest absolute Gasteiger partial charge is 0.388 e. The van der Waals surface area contributed by atoms with E-state index in [0.717, 1.165) is 50.9 Å². The summed E-state index contributed by atoms with van der Waals surface area (Å²) in [6.07, 6.45) is 3.66. The van der Waals surface area contributed by atoms with Crippen molar-refractivity contribution >= 4 is 17.2 Å². The van der Waals surface area contributed by atoms with Crippen LogP contribution in [0.25, 0.3) is 0 Å².